The third-order valence-corrected chi connectivity index (χ3v) is 3.87. The maximum Gasteiger partial charge on any atom is 0.225 e. The van der Waals surface area contributed by atoms with Gasteiger partial charge in [-0.25, -0.2) is 0 Å². The van der Waals surface area contributed by atoms with Crippen molar-refractivity contribution < 1.29 is 14.3 Å². The smallest absolute Gasteiger partial charge is 0.225 e. The molecule has 0 radical (unpaired) electrons. The van der Waals surface area contributed by atoms with Gasteiger partial charge in [0.2, 0.25) is 5.91 Å². The number of rotatable bonds is 2. The summed E-state index contributed by atoms with van der Waals surface area (Å²) < 4.78 is 11.4. The quantitative estimate of drug-likeness (QED) is 0.900. The van der Waals surface area contributed by atoms with Gasteiger partial charge >= 0.3 is 0 Å². The Hall–Kier alpha value is -1.71. The Morgan fingerprint density at radius 1 is 1.25 bits per heavy atom. The lowest BCUT2D eigenvalue weighted by atomic mass is 9.95. The van der Waals surface area contributed by atoms with E-state index in [0.717, 1.165) is 43.1 Å². The van der Waals surface area contributed by atoms with Gasteiger partial charge in [-0.15, -0.1) is 0 Å². The highest BCUT2D eigenvalue weighted by Gasteiger charge is 2.27. The number of benzene rings is 1. The Bertz CT molecular complexity index is 526. The molecule has 0 saturated carbocycles. The standard InChI is InChI=1S/C16H21NO3/c1-16(2,3)15(18)17-9-12-11-5-7-19-13(11)8-10-4-6-20-14(10)12/h8H,4-7,9H2,1-3H3,(H,17,18). The molecule has 2 aliphatic heterocycles. The summed E-state index contributed by atoms with van der Waals surface area (Å²) in [4.78, 5) is 12.1. The van der Waals surface area contributed by atoms with E-state index in [-0.39, 0.29) is 11.3 Å². The molecule has 0 aromatic heterocycles. The van der Waals surface area contributed by atoms with Crippen LogP contribution in [-0.2, 0) is 24.2 Å². The molecule has 4 heteroatoms. The van der Waals surface area contributed by atoms with Crippen LogP contribution in [0.4, 0.5) is 0 Å². The van der Waals surface area contributed by atoms with Crippen LogP contribution in [0.5, 0.6) is 11.5 Å². The van der Waals surface area contributed by atoms with Crippen LogP contribution in [0.25, 0.3) is 0 Å². The lowest BCUT2D eigenvalue weighted by Crippen LogP contribution is -2.34. The van der Waals surface area contributed by atoms with Crippen LogP contribution in [0.3, 0.4) is 0 Å². The Morgan fingerprint density at radius 2 is 2.00 bits per heavy atom. The molecular weight excluding hydrogens is 254 g/mol. The van der Waals surface area contributed by atoms with Gasteiger partial charge in [-0.2, -0.15) is 0 Å². The minimum Gasteiger partial charge on any atom is -0.493 e. The Balaban J connectivity index is 1.88. The number of hydrogen-bond donors (Lipinski definition) is 1. The first-order chi connectivity index (χ1) is 9.47. The van der Waals surface area contributed by atoms with Gasteiger partial charge in [0.1, 0.15) is 11.5 Å². The Kier molecular flexibility index (Phi) is 3.11. The summed E-state index contributed by atoms with van der Waals surface area (Å²) in [5.74, 6) is 1.98. The minimum atomic E-state index is -0.377. The third-order valence-electron chi connectivity index (χ3n) is 3.87. The van der Waals surface area contributed by atoms with E-state index in [1.54, 1.807) is 0 Å². The Morgan fingerprint density at radius 3 is 2.75 bits per heavy atom. The van der Waals surface area contributed by atoms with E-state index in [1.165, 1.54) is 11.1 Å². The normalized spacial score (nSPS) is 16.1. The minimum absolute atomic E-state index is 0.0563. The summed E-state index contributed by atoms with van der Waals surface area (Å²) in [6.45, 7) is 7.72. The van der Waals surface area contributed by atoms with Crippen LogP contribution in [-0.4, -0.2) is 19.1 Å². The predicted molar refractivity (Wildman–Crippen MR) is 76.1 cm³/mol. The average Bonchev–Trinajstić information content (AvgIpc) is 3.00. The van der Waals surface area contributed by atoms with Gasteiger partial charge in [0.15, 0.2) is 0 Å². The number of amides is 1. The second kappa shape index (κ2) is 4.69. The Labute approximate surface area is 119 Å². The summed E-state index contributed by atoms with van der Waals surface area (Å²) >= 11 is 0. The first-order valence-electron chi connectivity index (χ1n) is 7.18. The highest BCUT2D eigenvalue weighted by atomic mass is 16.5. The van der Waals surface area contributed by atoms with Crippen LogP contribution < -0.4 is 14.8 Å². The number of carbonyl (C=O) groups is 1. The van der Waals surface area contributed by atoms with Crippen molar-refractivity contribution in [2.75, 3.05) is 13.2 Å². The van der Waals surface area contributed by atoms with E-state index in [9.17, 15) is 4.79 Å². The van der Waals surface area contributed by atoms with Gasteiger partial charge in [-0.1, -0.05) is 20.8 Å². The fourth-order valence-corrected chi connectivity index (χ4v) is 2.71. The fourth-order valence-electron chi connectivity index (χ4n) is 2.71. The average molecular weight is 275 g/mol. The molecule has 0 aliphatic carbocycles. The number of ether oxygens (including phenoxy) is 2. The molecule has 0 spiro atoms. The van der Waals surface area contributed by atoms with Crippen molar-refractivity contribution in [3.63, 3.8) is 0 Å². The van der Waals surface area contributed by atoms with Crippen LogP contribution >= 0.6 is 0 Å². The van der Waals surface area contributed by atoms with Crippen LogP contribution in [0, 0.1) is 5.41 Å². The molecule has 1 N–H and O–H groups in total. The van der Waals surface area contributed by atoms with Gasteiger partial charge in [0, 0.05) is 41.5 Å². The molecule has 0 atom stereocenters. The summed E-state index contributed by atoms with van der Waals surface area (Å²) in [5, 5.41) is 3.02. The third kappa shape index (κ3) is 2.23. The molecule has 0 bridgehead atoms. The highest BCUT2D eigenvalue weighted by molar-refractivity contribution is 5.81. The maximum absolute atomic E-state index is 12.1. The lowest BCUT2D eigenvalue weighted by Gasteiger charge is -2.19. The molecule has 2 aliphatic rings. The summed E-state index contributed by atoms with van der Waals surface area (Å²) in [7, 11) is 0. The molecule has 3 rings (SSSR count). The number of fused-ring (bicyclic) bond motifs is 2. The fraction of sp³-hybridized carbons (Fsp3) is 0.562. The number of nitrogens with one attached hydrogen (secondary N) is 1. The molecule has 1 aromatic carbocycles. The first-order valence-corrected chi connectivity index (χ1v) is 7.18. The first kappa shape index (κ1) is 13.3. The zero-order valence-corrected chi connectivity index (χ0v) is 12.3. The topological polar surface area (TPSA) is 47.6 Å². The molecule has 0 fully saturated rings. The van der Waals surface area contributed by atoms with Crippen molar-refractivity contribution in [1.82, 2.24) is 5.32 Å². The molecule has 2 heterocycles. The number of carbonyl (C=O) groups excluding carboxylic acids is 1. The number of hydrogen-bond acceptors (Lipinski definition) is 3. The van der Waals surface area contributed by atoms with Gasteiger partial charge in [-0.05, 0) is 6.07 Å². The summed E-state index contributed by atoms with van der Waals surface area (Å²) in [5.41, 5.74) is 3.12. The molecule has 20 heavy (non-hydrogen) atoms. The zero-order chi connectivity index (χ0) is 14.3. The second-order valence-corrected chi connectivity index (χ2v) is 6.45. The van der Waals surface area contributed by atoms with Crippen molar-refractivity contribution in [1.29, 1.82) is 0 Å². The SMILES string of the molecule is CC(C)(C)C(=O)NCc1c2c(cc3c1OCC3)OCC2. The molecule has 1 aromatic rings. The van der Waals surface area contributed by atoms with Crippen molar-refractivity contribution in [3.8, 4) is 11.5 Å². The van der Waals surface area contributed by atoms with E-state index in [4.69, 9.17) is 9.47 Å². The van der Waals surface area contributed by atoms with Gasteiger partial charge in [0.05, 0.1) is 13.2 Å². The monoisotopic (exact) mass is 275 g/mol. The van der Waals surface area contributed by atoms with Crippen molar-refractivity contribution in [2.45, 2.75) is 40.2 Å². The lowest BCUT2D eigenvalue weighted by molar-refractivity contribution is -0.128. The van der Waals surface area contributed by atoms with Crippen molar-refractivity contribution >= 4 is 5.91 Å². The molecule has 0 saturated heterocycles. The highest BCUT2D eigenvalue weighted by Crippen LogP contribution is 2.40. The van der Waals surface area contributed by atoms with Crippen LogP contribution in [0.2, 0.25) is 0 Å². The van der Waals surface area contributed by atoms with Crippen molar-refractivity contribution in [2.24, 2.45) is 5.41 Å². The van der Waals surface area contributed by atoms with Gasteiger partial charge in [-0.3, -0.25) is 4.79 Å². The second-order valence-electron chi connectivity index (χ2n) is 6.45. The maximum atomic E-state index is 12.1. The molecule has 1 amide bonds. The summed E-state index contributed by atoms with van der Waals surface area (Å²) in [6.07, 6.45) is 1.82. The predicted octanol–water partition coefficient (Wildman–Crippen LogP) is 2.22. The van der Waals surface area contributed by atoms with Crippen LogP contribution in [0.1, 0.15) is 37.5 Å². The van der Waals surface area contributed by atoms with Gasteiger partial charge < -0.3 is 14.8 Å². The van der Waals surface area contributed by atoms with E-state index in [2.05, 4.69) is 11.4 Å². The van der Waals surface area contributed by atoms with Crippen LogP contribution in [0.15, 0.2) is 6.07 Å². The largest absolute Gasteiger partial charge is 0.493 e. The van der Waals surface area contributed by atoms with Crippen molar-refractivity contribution in [3.05, 3.63) is 22.8 Å². The summed E-state index contributed by atoms with van der Waals surface area (Å²) in [6, 6.07) is 2.10. The zero-order valence-electron chi connectivity index (χ0n) is 12.3. The van der Waals surface area contributed by atoms with E-state index < -0.39 is 0 Å². The van der Waals surface area contributed by atoms with E-state index >= 15 is 0 Å². The van der Waals surface area contributed by atoms with Gasteiger partial charge in [0.25, 0.3) is 0 Å². The van der Waals surface area contributed by atoms with E-state index in [1.807, 2.05) is 20.8 Å². The molecule has 0 unspecified atom stereocenters. The molecular formula is C16H21NO3. The molecule has 108 valence electrons. The van der Waals surface area contributed by atoms with E-state index in [0.29, 0.717) is 6.54 Å². The molecule has 4 nitrogen and oxygen atoms in total.